The van der Waals surface area contributed by atoms with Gasteiger partial charge in [-0.25, -0.2) is 0 Å². The van der Waals surface area contributed by atoms with Gasteiger partial charge in [0.25, 0.3) is 0 Å². The number of nitrogens with zero attached hydrogens (tertiary/aromatic N) is 3. The van der Waals surface area contributed by atoms with Gasteiger partial charge in [0.2, 0.25) is 0 Å². The highest BCUT2D eigenvalue weighted by molar-refractivity contribution is 4.76. The van der Waals surface area contributed by atoms with Gasteiger partial charge in [-0.1, -0.05) is 6.92 Å². The van der Waals surface area contributed by atoms with Crippen LogP contribution in [-0.4, -0.2) is 98.4 Å². The fourth-order valence-electron chi connectivity index (χ4n) is 2.78. The Bertz CT molecular complexity index is 231. The van der Waals surface area contributed by atoms with Gasteiger partial charge in [0.1, 0.15) is 0 Å². The maximum absolute atomic E-state index is 10.3. The lowest BCUT2D eigenvalue weighted by atomic mass is 10.2. The summed E-state index contributed by atoms with van der Waals surface area (Å²) in [6.07, 6.45) is -0.248. The van der Waals surface area contributed by atoms with E-state index in [1.807, 2.05) is 0 Å². The van der Waals surface area contributed by atoms with Crippen LogP contribution in [0.3, 0.4) is 0 Å². The summed E-state index contributed by atoms with van der Waals surface area (Å²) >= 11 is 0. The molecule has 0 saturated carbocycles. The molecule has 2 unspecified atom stereocenters. The molecule has 5 heteroatoms. The van der Waals surface area contributed by atoms with Gasteiger partial charge in [0.05, 0.1) is 6.10 Å². The van der Waals surface area contributed by atoms with Gasteiger partial charge in [0.15, 0.2) is 0 Å². The van der Waals surface area contributed by atoms with Crippen molar-refractivity contribution in [1.82, 2.24) is 20.0 Å². The van der Waals surface area contributed by atoms with Gasteiger partial charge in [-0.15, -0.1) is 0 Å². The molecule has 1 aliphatic heterocycles. The molecule has 0 aromatic rings. The monoisotopic (exact) mass is 272 g/mol. The Hall–Kier alpha value is -0.200. The van der Waals surface area contributed by atoms with Crippen LogP contribution in [0.1, 0.15) is 13.8 Å². The zero-order valence-electron chi connectivity index (χ0n) is 13.1. The second-order valence-electron chi connectivity index (χ2n) is 5.90. The molecule has 0 aliphatic carbocycles. The molecule has 1 rings (SSSR count). The van der Waals surface area contributed by atoms with E-state index >= 15 is 0 Å². The van der Waals surface area contributed by atoms with E-state index in [4.69, 9.17) is 0 Å². The van der Waals surface area contributed by atoms with E-state index in [1.54, 1.807) is 0 Å². The molecule has 2 atom stereocenters. The topological polar surface area (TPSA) is 42.0 Å². The van der Waals surface area contributed by atoms with E-state index in [1.165, 1.54) is 0 Å². The molecule has 1 fully saturated rings. The summed E-state index contributed by atoms with van der Waals surface area (Å²) in [4.78, 5) is 6.93. The Morgan fingerprint density at radius 1 is 1.21 bits per heavy atom. The third kappa shape index (κ3) is 6.68. The first-order valence-corrected chi connectivity index (χ1v) is 7.52. The number of β-amino-alcohol motifs (C(OH)–C–C–N with tert-alkyl or cyclic N) is 1. The van der Waals surface area contributed by atoms with Crippen molar-refractivity contribution in [1.29, 1.82) is 0 Å². The average Bonchev–Trinajstić information content (AvgIpc) is 2.36. The van der Waals surface area contributed by atoms with Gasteiger partial charge in [-0.3, -0.25) is 9.80 Å². The Balaban J connectivity index is 2.32. The predicted molar refractivity (Wildman–Crippen MR) is 80.6 cm³/mol. The predicted octanol–water partition coefficient (Wildman–Crippen LogP) is -0.475. The number of hydrogen-bond donors (Lipinski definition) is 2. The molecule has 0 spiro atoms. The first-order chi connectivity index (χ1) is 9.02. The maximum Gasteiger partial charge on any atom is 0.0793 e. The van der Waals surface area contributed by atoms with Crippen LogP contribution < -0.4 is 5.32 Å². The van der Waals surface area contributed by atoms with Crippen LogP contribution in [-0.2, 0) is 0 Å². The van der Waals surface area contributed by atoms with Gasteiger partial charge in [-0.05, 0) is 27.6 Å². The number of aliphatic hydroxyl groups excluding tert-OH is 1. The minimum Gasteiger partial charge on any atom is -0.390 e. The van der Waals surface area contributed by atoms with Crippen LogP contribution in [0.5, 0.6) is 0 Å². The van der Waals surface area contributed by atoms with Crippen LogP contribution in [0.15, 0.2) is 0 Å². The Kier molecular flexibility index (Phi) is 7.87. The van der Waals surface area contributed by atoms with Gasteiger partial charge >= 0.3 is 0 Å². The van der Waals surface area contributed by atoms with Crippen LogP contribution in [0, 0.1) is 0 Å². The van der Waals surface area contributed by atoms with E-state index in [9.17, 15) is 5.11 Å². The van der Waals surface area contributed by atoms with Crippen LogP contribution in [0.4, 0.5) is 0 Å². The van der Waals surface area contributed by atoms with E-state index in [2.05, 4.69) is 48.0 Å². The minimum absolute atomic E-state index is 0.248. The number of hydrogen-bond acceptors (Lipinski definition) is 5. The summed E-state index contributed by atoms with van der Waals surface area (Å²) in [7, 11) is 4.20. The molecule has 5 nitrogen and oxygen atoms in total. The van der Waals surface area contributed by atoms with Crippen LogP contribution >= 0.6 is 0 Å². The molecule has 1 saturated heterocycles. The lowest BCUT2D eigenvalue weighted by Gasteiger charge is -2.34. The van der Waals surface area contributed by atoms with E-state index in [0.717, 1.165) is 52.4 Å². The molecule has 0 aromatic carbocycles. The molecule has 0 bridgehead atoms. The van der Waals surface area contributed by atoms with Gasteiger partial charge in [0, 0.05) is 51.9 Å². The number of rotatable bonds is 8. The molecule has 2 N–H and O–H groups in total. The quantitative estimate of drug-likeness (QED) is 0.625. The largest absolute Gasteiger partial charge is 0.390 e. The lowest BCUT2D eigenvalue weighted by Crippen LogP contribution is -2.50. The van der Waals surface area contributed by atoms with Gasteiger partial charge < -0.3 is 15.3 Å². The number of piperazine rings is 1. The first kappa shape index (κ1) is 16.9. The smallest absolute Gasteiger partial charge is 0.0793 e. The number of likely N-dealkylation sites (N-methyl/N-ethyl adjacent to an activating group) is 2. The second kappa shape index (κ2) is 8.87. The molecular formula is C14H32N4O. The van der Waals surface area contributed by atoms with Crippen molar-refractivity contribution in [3.8, 4) is 0 Å². The van der Waals surface area contributed by atoms with Crippen molar-refractivity contribution in [3.63, 3.8) is 0 Å². The fourth-order valence-corrected chi connectivity index (χ4v) is 2.78. The molecule has 1 heterocycles. The number of nitrogens with one attached hydrogen (secondary N) is 1. The summed E-state index contributed by atoms with van der Waals surface area (Å²) in [5.74, 6) is 0. The van der Waals surface area contributed by atoms with Crippen molar-refractivity contribution in [2.75, 3.05) is 66.5 Å². The van der Waals surface area contributed by atoms with Crippen LogP contribution in [0.2, 0.25) is 0 Å². The third-order valence-corrected chi connectivity index (χ3v) is 3.78. The first-order valence-electron chi connectivity index (χ1n) is 7.52. The third-order valence-electron chi connectivity index (χ3n) is 3.78. The summed E-state index contributed by atoms with van der Waals surface area (Å²) in [5.41, 5.74) is 0. The SMILES string of the molecule is CCN(CC(O)CN1CCNCC1)C(C)CN(C)C. The highest BCUT2D eigenvalue weighted by Crippen LogP contribution is 2.04. The van der Waals surface area contributed by atoms with Crippen molar-refractivity contribution in [2.45, 2.75) is 26.0 Å². The molecule has 0 amide bonds. The standard InChI is InChI=1S/C14H32N4O/c1-5-18(13(2)10-16(3)4)12-14(19)11-17-8-6-15-7-9-17/h13-15,19H,5-12H2,1-4H3. The van der Waals surface area contributed by atoms with Crippen molar-refractivity contribution >= 4 is 0 Å². The molecule has 0 aromatic heterocycles. The van der Waals surface area contributed by atoms with E-state index in [-0.39, 0.29) is 6.10 Å². The molecule has 19 heavy (non-hydrogen) atoms. The average molecular weight is 272 g/mol. The summed E-state index contributed by atoms with van der Waals surface area (Å²) in [5, 5.41) is 13.6. The summed E-state index contributed by atoms with van der Waals surface area (Å²) < 4.78 is 0. The van der Waals surface area contributed by atoms with Crippen LogP contribution in [0.25, 0.3) is 0 Å². The number of aliphatic hydroxyl groups is 1. The van der Waals surface area contributed by atoms with Crippen molar-refractivity contribution in [2.24, 2.45) is 0 Å². The van der Waals surface area contributed by atoms with Gasteiger partial charge in [-0.2, -0.15) is 0 Å². The van der Waals surface area contributed by atoms with Crippen molar-refractivity contribution in [3.05, 3.63) is 0 Å². The Labute approximate surface area is 118 Å². The normalized spacial score (nSPS) is 21.0. The lowest BCUT2D eigenvalue weighted by molar-refractivity contribution is 0.0541. The van der Waals surface area contributed by atoms with E-state index < -0.39 is 0 Å². The zero-order chi connectivity index (χ0) is 14.3. The highest BCUT2D eigenvalue weighted by atomic mass is 16.3. The fraction of sp³-hybridized carbons (Fsp3) is 1.00. The molecule has 0 radical (unpaired) electrons. The molecule has 1 aliphatic rings. The highest BCUT2D eigenvalue weighted by Gasteiger charge is 2.19. The Morgan fingerprint density at radius 3 is 2.37 bits per heavy atom. The summed E-state index contributed by atoms with van der Waals surface area (Å²) in [6.45, 7) is 12.2. The second-order valence-corrected chi connectivity index (χ2v) is 5.90. The maximum atomic E-state index is 10.3. The molecule has 114 valence electrons. The molecular weight excluding hydrogens is 240 g/mol. The Morgan fingerprint density at radius 2 is 1.84 bits per heavy atom. The van der Waals surface area contributed by atoms with Crippen molar-refractivity contribution < 1.29 is 5.11 Å². The van der Waals surface area contributed by atoms with E-state index in [0.29, 0.717) is 6.04 Å². The summed E-state index contributed by atoms with van der Waals surface area (Å²) in [6, 6.07) is 0.484. The minimum atomic E-state index is -0.248. The zero-order valence-corrected chi connectivity index (χ0v) is 13.1.